The van der Waals surface area contributed by atoms with Crippen molar-refractivity contribution in [2.24, 2.45) is 0 Å². The summed E-state index contributed by atoms with van der Waals surface area (Å²) in [5, 5.41) is 2.73. The minimum atomic E-state index is -0.162. The molecule has 1 aliphatic carbocycles. The van der Waals surface area contributed by atoms with E-state index in [1.54, 1.807) is 12.1 Å². The summed E-state index contributed by atoms with van der Waals surface area (Å²) in [5.74, 6) is -0.174. The minimum absolute atomic E-state index is 0.0127. The second-order valence-electron chi connectivity index (χ2n) is 5.43. The van der Waals surface area contributed by atoms with Crippen molar-refractivity contribution in [1.29, 1.82) is 0 Å². The summed E-state index contributed by atoms with van der Waals surface area (Å²) in [5.41, 5.74) is 1.16. The lowest BCUT2D eigenvalue weighted by molar-refractivity contribution is -0.114. The number of carbonyl (C=O) groups excluding carboxylic acids is 2. The van der Waals surface area contributed by atoms with Crippen LogP contribution in [0.25, 0.3) is 0 Å². The Morgan fingerprint density at radius 1 is 1.15 bits per heavy atom. The quantitative estimate of drug-likeness (QED) is 0.921. The first-order chi connectivity index (χ1) is 9.59. The van der Waals surface area contributed by atoms with Gasteiger partial charge in [-0.05, 0) is 25.0 Å². The first-order valence-corrected chi connectivity index (χ1v) is 7.23. The van der Waals surface area contributed by atoms with Crippen LogP contribution in [0.2, 0.25) is 0 Å². The van der Waals surface area contributed by atoms with Gasteiger partial charge in [0.25, 0.3) is 5.91 Å². The number of nitrogens with zero attached hydrogens (tertiary/aromatic N) is 1. The first-order valence-electron chi connectivity index (χ1n) is 7.23. The summed E-state index contributed by atoms with van der Waals surface area (Å²) in [7, 11) is 1.86. The van der Waals surface area contributed by atoms with Gasteiger partial charge in [-0.15, -0.1) is 0 Å². The van der Waals surface area contributed by atoms with Crippen molar-refractivity contribution >= 4 is 17.5 Å². The van der Waals surface area contributed by atoms with Gasteiger partial charge in [0.1, 0.15) is 0 Å². The van der Waals surface area contributed by atoms with E-state index in [4.69, 9.17) is 0 Å². The van der Waals surface area contributed by atoms with Crippen LogP contribution in [0.4, 0.5) is 5.69 Å². The smallest absolute Gasteiger partial charge is 0.255 e. The Hall–Kier alpha value is -1.84. The Balaban J connectivity index is 2.17. The SMILES string of the molecule is CC(=O)Nc1ccccc1C(=O)N(C)C1CCCCC1. The van der Waals surface area contributed by atoms with Crippen molar-refractivity contribution in [2.45, 2.75) is 45.1 Å². The molecule has 1 aliphatic rings. The van der Waals surface area contributed by atoms with Gasteiger partial charge in [0, 0.05) is 20.0 Å². The summed E-state index contributed by atoms with van der Waals surface area (Å²) in [4.78, 5) is 25.7. The molecular weight excluding hydrogens is 252 g/mol. The molecule has 0 heterocycles. The number of carbonyl (C=O) groups is 2. The summed E-state index contributed by atoms with van der Waals surface area (Å²) in [6.07, 6.45) is 5.79. The predicted octanol–water partition coefficient (Wildman–Crippen LogP) is 3.05. The van der Waals surface area contributed by atoms with Crippen LogP contribution in [0.1, 0.15) is 49.4 Å². The number of anilines is 1. The summed E-state index contributed by atoms with van der Waals surface area (Å²) >= 11 is 0. The summed E-state index contributed by atoms with van der Waals surface area (Å²) in [6, 6.07) is 7.51. The highest BCUT2D eigenvalue weighted by molar-refractivity contribution is 6.03. The van der Waals surface area contributed by atoms with Crippen molar-refractivity contribution in [3.8, 4) is 0 Å². The van der Waals surface area contributed by atoms with Gasteiger partial charge in [-0.25, -0.2) is 0 Å². The Morgan fingerprint density at radius 3 is 2.45 bits per heavy atom. The third-order valence-electron chi connectivity index (χ3n) is 3.91. The van der Waals surface area contributed by atoms with Crippen LogP contribution >= 0.6 is 0 Å². The molecule has 0 radical (unpaired) electrons. The Bertz CT molecular complexity index is 493. The number of hydrogen-bond acceptors (Lipinski definition) is 2. The van der Waals surface area contributed by atoms with Crippen LogP contribution < -0.4 is 5.32 Å². The second kappa shape index (κ2) is 6.55. The number of para-hydroxylation sites is 1. The highest BCUT2D eigenvalue weighted by Gasteiger charge is 2.24. The maximum Gasteiger partial charge on any atom is 0.255 e. The van der Waals surface area contributed by atoms with Gasteiger partial charge in [0.15, 0.2) is 0 Å². The van der Waals surface area contributed by atoms with Gasteiger partial charge >= 0.3 is 0 Å². The Labute approximate surface area is 120 Å². The van der Waals surface area contributed by atoms with Crippen molar-refractivity contribution < 1.29 is 9.59 Å². The second-order valence-corrected chi connectivity index (χ2v) is 5.43. The lowest BCUT2D eigenvalue weighted by Gasteiger charge is -2.31. The monoisotopic (exact) mass is 274 g/mol. The number of benzene rings is 1. The number of rotatable bonds is 3. The van der Waals surface area contributed by atoms with Crippen molar-refractivity contribution in [3.05, 3.63) is 29.8 Å². The van der Waals surface area contributed by atoms with E-state index in [9.17, 15) is 9.59 Å². The standard InChI is InChI=1S/C16H22N2O2/c1-12(19)17-15-11-7-6-10-14(15)16(20)18(2)13-8-4-3-5-9-13/h6-7,10-11,13H,3-5,8-9H2,1-2H3,(H,17,19). The third-order valence-corrected chi connectivity index (χ3v) is 3.91. The molecule has 0 atom stereocenters. The van der Waals surface area contributed by atoms with Crippen LogP contribution in [0.5, 0.6) is 0 Å². The van der Waals surface area contributed by atoms with Gasteiger partial charge in [0.05, 0.1) is 11.3 Å². The molecule has 4 heteroatoms. The highest BCUT2D eigenvalue weighted by Crippen LogP contribution is 2.24. The number of hydrogen-bond donors (Lipinski definition) is 1. The summed E-state index contributed by atoms with van der Waals surface area (Å²) in [6.45, 7) is 1.45. The fourth-order valence-electron chi connectivity index (χ4n) is 2.79. The van der Waals surface area contributed by atoms with E-state index in [1.165, 1.54) is 26.2 Å². The molecular formula is C16H22N2O2. The van der Waals surface area contributed by atoms with Crippen LogP contribution in [-0.4, -0.2) is 29.8 Å². The minimum Gasteiger partial charge on any atom is -0.339 e. The molecule has 0 bridgehead atoms. The lowest BCUT2D eigenvalue weighted by atomic mass is 9.94. The molecule has 1 aromatic carbocycles. The molecule has 0 spiro atoms. The molecule has 20 heavy (non-hydrogen) atoms. The van der Waals surface area contributed by atoms with E-state index < -0.39 is 0 Å². The van der Waals surface area contributed by atoms with Gasteiger partial charge in [-0.3, -0.25) is 9.59 Å². The van der Waals surface area contributed by atoms with E-state index in [-0.39, 0.29) is 11.8 Å². The van der Waals surface area contributed by atoms with E-state index >= 15 is 0 Å². The fourth-order valence-corrected chi connectivity index (χ4v) is 2.79. The van der Waals surface area contributed by atoms with Gasteiger partial charge in [-0.2, -0.15) is 0 Å². The van der Waals surface area contributed by atoms with Crippen LogP contribution in [-0.2, 0) is 4.79 Å². The molecule has 0 aliphatic heterocycles. The zero-order valence-corrected chi connectivity index (χ0v) is 12.2. The molecule has 1 saturated carbocycles. The highest BCUT2D eigenvalue weighted by atomic mass is 16.2. The molecule has 0 aromatic heterocycles. The molecule has 2 rings (SSSR count). The molecule has 0 saturated heterocycles. The molecule has 2 amide bonds. The van der Waals surface area contributed by atoms with E-state index in [0.29, 0.717) is 17.3 Å². The Morgan fingerprint density at radius 2 is 1.80 bits per heavy atom. The topological polar surface area (TPSA) is 49.4 Å². The average molecular weight is 274 g/mol. The maximum absolute atomic E-state index is 12.6. The average Bonchev–Trinajstić information content (AvgIpc) is 2.46. The van der Waals surface area contributed by atoms with E-state index in [1.807, 2.05) is 24.1 Å². The molecule has 4 nitrogen and oxygen atoms in total. The van der Waals surface area contributed by atoms with Crippen LogP contribution in [0.3, 0.4) is 0 Å². The largest absolute Gasteiger partial charge is 0.339 e. The van der Waals surface area contributed by atoms with Crippen molar-refractivity contribution in [3.63, 3.8) is 0 Å². The predicted molar refractivity (Wildman–Crippen MR) is 79.7 cm³/mol. The van der Waals surface area contributed by atoms with Crippen molar-refractivity contribution in [1.82, 2.24) is 4.90 Å². The van der Waals surface area contributed by atoms with Gasteiger partial charge in [0.2, 0.25) is 5.91 Å². The first kappa shape index (κ1) is 14.6. The molecule has 1 fully saturated rings. The molecule has 108 valence electrons. The molecule has 1 aromatic rings. The maximum atomic E-state index is 12.6. The molecule has 1 N–H and O–H groups in total. The Kier molecular flexibility index (Phi) is 4.77. The van der Waals surface area contributed by atoms with Gasteiger partial charge < -0.3 is 10.2 Å². The number of amides is 2. The third kappa shape index (κ3) is 3.38. The summed E-state index contributed by atoms with van der Waals surface area (Å²) < 4.78 is 0. The van der Waals surface area contributed by atoms with E-state index in [2.05, 4.69) is 5.32 Å². The van der Waals surface area contributed by atoms with Crippen LogP contribution in [0.15, 0.2) is 24.3 Å². The van der Waals surface area contributed by atoms with E-state index in [0.717, 1.165) is 12.8 Å². The zero-order valence-electron chi connectivity index (χ0n) is 12.2. The molecule has 0 unspecified atom stereocenters. The fraction of sp³-hybridized carbons (Fsp3) is 0.500. The normalized spacial score (nSPS) is 15.7. The number of nitrogens with one attached hydrogen (secondary N) is 1. The van der Waals surface area contributed by atoms with Gasteiger partial charge in [-0.1, -0.05) is 31.4 Å². The zero-order chi connectivity index (χ0) is 14.5. The lowest BCUT2D eigenvalue weighted by Crippen LogP contribution is -2.38. The van der Waals surface area contributed by atoms with Crippen LogP contribution in [0, 0.1) is 0 Å². The van der Waals surface area contributed by atoms with Crippen molar-refractivity contribution in [2.75, 3.05) is 12.4 Å².